The molecule has 37 heavy (non-hydrogen) atoms. The summed E-state index contributed by atoms with van der Waals surface area (Å²) in [6, 6.07) is 1.43. The van der Waals surface area contributed by atoms with E-state index in [0.717, 1.165) is 38.5 Å². The molecule has 0 spiro atoms. The number of aliphatic hydroxyl groups is 1. The molecule has 0 aromatic carbocycles. The van der Waals surface area contributed by atoms with Crippen molar-refractivity contribution in [2.24, 2.45) is 17.8 Å². The summed E-state index contributed by atoms with van der Waals surface area (Å²) in [6.45, 7) is 4.60. The Labute approximate surface area is 222 Å². The summed E-state index contributed by atoms with van der Waals surface area (Å²) in [4.78, 5) is 34.8. The predicted molar refractivity (Wildman–Crippen MR) is 143 cm³/mol. The van der Waals surface area contributed by atoms with Crippen LogP contribution in [0.3, 0.4) is 0 Å². The maximum absolute atomic E-state index is 13.6. The number of carbonyl (C=O) groups excluding carboxylic acids is 2. The Bertz CT molecular complexity index is 1000. The van der Waals surface area contributed by atoms with Crippen molar-refractivity contribution in [2.45, 2.75) is 90.2 Å². The Morgan fingerprint density at radius 2 is 1.86 bits per heavy atom. The van der Waals surface area contributed by atoms with Gasteiger partial charge in [-0.25, -0.2) is 4.98 Å². The molecular weight excluding hydrogens is 466 g/mol. The van der Waals surface area contributed by atoms with Crippen LogP contribution in [0, 0.1) is 29.6 Å². The van der Waals surface area contributed by atoms with Crippen molar-refractivity contribution in [1.29, 1.82) is 0 Å². The van der Waals surface area contributed by atoms with Gasteiger partial charge in [0.2, 0.25) is 11.8 Å². The number of ether oxygens (including phenoxy) is 1. The number of aromatic nitrogens is 1. The summed E-state index contributed by atoms with van der Waals surface area (Å²) in [6.07, 6.45) is 12.7. The van der Waals surface area contributed by atoms with Crippen molar-refractivity contribution in [1.82, 2.24) is 14.8 Å². The normalized spacial score (nSPS) is 24.1. The van der Waals surface area contributed by atoms with Crippen molar-refractivity contribution in [3.8, 4) is 17.7 Å². The molecule has 0 radical (unpaired) electrons. The highest BCUT2D eigenvalue weighted by atomic mass is 16.5. The van der Waals surface area contributed by atoms with E-state index >= 15 is 0 Å². The molecule has 2 amide bonds. The van der Waals surface area contributed by atoms with E-state index in [9.17, 15) is 14.7 Å². The number of carbonyl (C=O) groups is 2. The fourth-order valence-electron chi connectivity index (χ4n) is 5.84. The summed E-state index contributed by atoms with van der Waals surface area (Å²) in [7, 11) is 1.85. The van der Waals surface area contributed by atoms with Crippen LogP contribution in [0.15, 0.2) is 12.3 Å². The number of aliphatic hydroxyl groups excluding tert-OH is 1. The minimum Gasteiger partial charge on any atom is -0.472 e. The number of likely N-dealkylation sites (N-methyl/N-ethyl adjacent to an activating group) is 1. The number of hydrogen-bond donors (Lipinski definition) is 1. The molecule has 0 unspecified atom stereocenters. The summed E-state index contributed by atoms with van der Waals surface area (Å²) < 4.78 is 6.38. The van der Waals surface area contributed by atoms with Crippen LogP contribution >= 0.6 is 0 Å². The van der Waals surface area contributed by atoms with Crippen LogP contribution in [0.2, 0.25) is 0 Å². The molecule has 2 heterocycles. The third-order valence-electron chi connectivity index (χ3n) is 8.33. The van der Waals surface area contributed by atoms with Crippen LogP contribution in [0.5, 0.6) is 5.88 Å². The Morgan fingerprint density at radius 3 is 2.54 bits per heavy atom. The van der Waals surface area contributed by atoms with Gasteiger partial charge in [-0.3, -0.25) is 9.59 Å². The lowest BCUT2D eigenvalue weighted by molar-refractivity contribution is -0.136. The summed E-state index contributed by atoms with van der Waals surface area (Å²) >= 11 is 0. The number of pyridine rings is 1. The Kier molecular flexibility index (Phi) is 9.48. The Morgan fingerprint density at radius 1 is 1.19 bits per heavy atom. The van der Waals surface area contributed by atoms with Crippen LogP contribution < -0.4 is 4.74 Å². The first-order valence-electron chi connectivity index (χ1n) is 14.2. The van der Waals surface area contributed by atoms with Crippen molar-refractivity contribution < 1.29 is 19.4 Å². The molecule has 1 aromatic heterocycles. The molecule has 0 bridgehead atoms. The van der Waals surface area contributed by atoms with Gasteiger partial charge in [0.05, 0.1) is 19.2 Å². The third-order valence-corrected chi connectivity index (χ3v) is 8.33. The van der Waals surface area contributed by atoms with Crippen LogP contribution in [0.1, 0.15) is 94.0 Å². The molecule has 1 aromatic rings. The molecule has 2 aliphatic carbocycles. The lowest BCUT2D eigenvalue weighted by Gasteiger charge is -2.38. The second-order valence-electron chi connectivity index (χ2n) is 11.4. The van der Waals surface area contributed by atoms with Crippen LogP contribution in [-0.4, -0.2) is 70.6 Å². The maximum atomic E-state index is 13.6. The monoisotopic (exact) mass is 509 g/mol. The molecule has 2 fully saturated rings. The molecule has 1 N–H and O–H groups in total. The van der Waals surface area contributed by atoms with E-state index in [2.05, 4.69) is 16.8 Å². The van der Waals surface area contributed by atoms with Gasteiger partial charge in [0.25, 0.3) is 5.91 Å². The van der Waals surface area contributed by atoms with E-state index in [1.807, 2.05) is 20.9 Å². The average Bonchev–Trinajstić information content (AvgIpc) is 2.94. The fraction of sp³-hybridized carbons (Fsp3) is 0.700. The van der Waals surface area contributed by atoms with Crippen molar-refractivity contribution in [3.05, 3.63) is 23.4 Å². The number of hydrogen-bond acceptors (Lipinski definition) is 5. The minimum atomic E-state index is -0.347. The summed E-state index contributed by atoms with van der Waals surface area (Å²) in [5.41, 5.74) is 1.07. The van der Waals surface area contributed by atoms with Crippen molar-refractivity contribution in [2.75, 3.05) is 26.7 Å². The average molecular weight is 510 g/mol. The third kappa shape index (κ3) is 6.84. The zero-order valence-corrected chi connectivity index (χ0v) is 22.7. The Hall–Kier alpha value is -2.59. The van der Waals surface area contributed by atoms with E-state index in [-0.39, 0.29) is 48.3 Å². The van der Waals surface area contributed by atoms with Gasteiger partial charge in [-0.05, 0) is 38.7 Å². The Balaban J connectivity index is 1.58. The first kappa shape index (κ1) is 27.4. The smallest absolute Gasteiger partial charge is 0.259 e. The molecule has 4 rings (SSSR count). The van der Waals surface area contributed by atoms with Gasteiger partial charge in [0, 0.05) is 43.1 Å². The topological polar surface area (TPSA) is 83.0 Å². The molecule has 0 saturated heterocycles. The van der Waals surface area contributed by atoms with Crippen LogP contribution in [0.4, 0.5) is 0 Å². The van der Waals surface area contributed by atoms with Gasteiger partial charge in [-0.2, -0.15) is 0 Å². The standard InChI is InChI=1S/C30H43N3O4/c1-21-18-33(22(2)20-34)30(36)26-16-24(15-14-23-10-6-4-7-11-23)17-31-28(26)37-27(21)19-32(3)29(35)25-12-8-5-9-13-25/h16-17,21-23,25,27,34H,4-13,18-20H2,1-3H3/t21-,22-,27+/m1/s1. The number of amides is 2. The molecule has 3 atom stereocenters. The fourth-order valence-corrected chi connectivity index (χ4v) is 5.84. The highest BCUT2D eigenvalue weighted by Crippen LogP contribution is 2.29. The lowest BCUT2D eigenvalue weighted by Crippen LogP contribution is -2.51. The predicted octanol–water partition coefficient (Wildman–Crippen LogP) is 4.27. The maximum Gasteiger partial charge on any atom is 0.259 e. The minimum absolute atomic E-state index is 0.0553. The quantitative estimate of drug-likeness (QED) is 0.600. The number of nitrogens with zero attached hydrogens (tertiary/aromatic N) is 3. The number of fused-ring (bicyclic) bond motifs is 1. The zero-order valence-electron chi connectivity index (χ0n) is 22.7. The first-order valence-corrected chi connectivity index (χ1v) is 14.2. The van der Waals surface area contributed by atoms with Gasteiger partial charge in [0.15, 0.2) is 0 Å². The SMILES string of the molecule is C[C@@H]1CN([C@H](C)CO)C(=O)c2cc(C#CC3CCCCC3)cnc2O[C@H]1CN(C)C(=O)C1CCCCC1. The highest BCUT2D eigenvalue weighted by Gasteiger charge is 2.35. The van der Waals surface area contributed by atoms with E-state index < -0.39 is 0 Å². The van der Waals surface area contributed by atoms with Gasteiger partial charge >= 0.3 is 0 Å². The molecule has 2 saturated carbocycles. The molecule has 1 aliphatic heterocycles. The largest absolute Gasteiger partial charge is 0.472 e. The van der Waals surface area contributed by atoms with Crippen LogP contribution in [-0.2, 0) is 4.79 Å². The van der Waals surface area contributed by atoms with E-state index in [1.165, 1.54) is 25.7 Å². The second-order valence-corrected chi connectivity index (χ2v) is 11.4. The van der Waals surface area contributed by atoms with E-state index in [0.29, 0.717) is 30.1 Å². The van der Waals surface area contributed by atoms with Crippen LogP contribution in [0.25, 0.3) is 0 Å². The van der Waals surface area contributed by atoms with Gasteiger partial charge in [-0.15, -0.1) is 0 Å². The van der Waals surface area contributed by atoms with Gasteiger partial charge < -0.3 is 19.6 Å². The van der Waals surface area contributed by atoms with Crippen molar-refractivity contribution in [3.63, 3.8) is 0 Å². The van der Waals surface area contributed by atoms with Gasteiger partial charge in [-0.1, -0.05) is 57.3 Å². The van der Waals surface area contributed by atoms with Crippen molar-refractivity contribution >= 4 is 11.8 Å². The molecule has 7 nitrogen and oxygen atoms in total. The summed E-state index contributed by atoms with van der Waals surface area (Å²) in [5.74, 6) is 7.30. The summed E-state index contributed by atoms with van der Waals surface area (Å²) in [5, 5.41) is 9.90. The molecule has 7 heteroatoms. The molecule has 3 aliphatic rings. The number of rotatable bonds is 5. The molecule has 202 valence electrons. The van der Waals surface area contributed by atoms with Gasteiger partial charge in [0.1, 0.15) is 11.7 Å². The first-order chi connectivity index (χ1) is 17.9. The molecular formula is C30H43N3O4. The van der Waals surface area contributed by atoms with E-state index in [1.54, 1.807) is 22.1 Å². The highest BCUT2D eigenvalue weighted by molar-refractivity contribution is 5.97. The van der Waals surface area contributed by atoms with E-state index in [4.69, 9.17) is 4.74 Å². The second kappa shape index (κ2) is 12.8. The zero-order chi connectivity index (χ0) is 26.4. The lowest BCUT2D eigenvalue weighted by atomic mass is 9.88.